The Morgan fingerprint density at radius 3 is 1.79 bits per heavy atom. The van der Waals surface area contributed by atoms with E-state index in [2.05, 4.69) is 0 Å². The van der Waals surface area contributed by atoms with Crippen molar-refractivity contribution in [1.82, 2.24) is 19.5 Å². The Kier molecular flexibility index (Phi) is 5.64. The van der Waals surface area contributed by atoms with Crippen molar-refractivity contribution in [3.05, 3.63) is 182 Å². The molecule has 4 aromatic heterocycles. The Morgan fingerprint density at radius 1 is 0.404 bits per heavy atom. The number of hydrogen-bond acceptors (Lipinski definition) is 5. The van der Waals surface area contributed by atoms with Gasteiger partial charge in [-0.15, -0.1) is 0 Å². The maximum absolute atomic E-state index is 9.08. The average molecular weight is 737 g/mol. The number of nitrogens with zero attached hydrogens (tertiary/aromatic N) is 4. The highest BCUT2D eigenvalue weighted by molar-refractivity contribution is 6.13. The summed E-state index contributed by atoms with van der Waals surface area (Å²) in [5.41, 5.74) is 7.64. The number of aromatic nitrogens is 4. The average Bonchev–Trinajstić information content (AvgIpc) is 4.01. The summed E-state index contributed by atoms with van der Waals surface area (Å²) in [5, 5.41) is 3.90. The van der Waals surface area contributed by atoms with Crippen LogP contribution in [0.3, 0.4) is 0 Å². The number of rotatable bonds is 5. The lowest BCUT2D eigenvalue weighted by atomic mass is 10.0. The molecule has 0 amide bonds. The van der Waals surface area contributed by atoms with Gasteiger partial charge in [0.25, 0.3) is 0 Å². The SMILES string of the molecule is [2H]c1cc([2H])c2c(c1[2H])c1c([2H])c([2H])cc([2H])c1n2-c1cc(-c2ccccc2)c2oc3cc(-c4nc(-c5ccccc5)nc(-c5cccc6c5oc5ccccc56)n4)ccc3c2c1. The van der Waals surface area contributed by atoms with Crippen LogP contribution in [-0.4, -0.2) is 19.5 Å². The summed E-state index contributed by atoms with van der Waals surface area (Å²) in [6.45, 7) is 0. The van der Waals surface area contributed by atoms with Crippen LogP contribution in [0.25, 0.3) is 117 Å². The van der Waals surface area contributed by atoms with Crippen LogP contribution in [0.2, 0.25) is 0 Å². The Bertz CT molecular complexity index is 3810. The zero-order valence-corrected chi connectivity index (χ0v) is 30.0. The Labute approximate surface area is 334 Å². The predicted octanol–water partition coefficient (Wildman–Crippen LogP) is 13.4. The second-order valence-electron chi connectivity index (χ2n) is 13.9. The molecule has 0 fully saturated rings. The molecule has 0 aliphatic carbocycles. The summed E-state index contributed by atoms with van der Waals surface area (Å²) in [6, 6.07) is 45.1. The van der Waals surface area contributed by atoms with Crippen LogP contribution in [0.15, 0.2) is 191 Å². The molecule has 0 N–H and O–H groups in total. The molecule has 6 heteroatoms. The first-order valence-corrected chi connectivity index (χ1v) is 18.5. The van der Waals surface area contributed by atoms with E-state index in [-0.39, 0.29) is 58.1 Å². The molecular formula is C51H30N4O2. The van der Waals surface area contributed by atoms with Gasteiger partial charge in [0, 0.05) is 54.7 Å². The van der Waals surface area contributed by atoms with Gasteiger partial charge in [-0.3, -0.25) is 0 Å². The van der Waals surface area contributed by atoms with Gasteiger partial charge >= 0.3 is 0 Å². The van der Waals surface area contributed by atoms with E-state index in [1.165, 1.54) is 12.1 Å². The summed E-state index contributed by atoms with van der Waals surface area (Å²) < 4.78 is 67.9. The second kappa shape index (κ2) is 12.3. The second-order valence-corrected chi connectivity index (χ2v) is 13.9. The minimum atomic E-state index is -0.169. The summed E-state index contributed by atoms with van der Waals surface area (Å²) in [7, 11) is 0. The van der Waals surface area contributed by atoms with Crippen LogP contribution in [0.4, 0.5) is 0 Å². The van der Waals surface area contributed by atoms with E-state index in [4.69, 9.17) is 32.0 Å². The highest BCUT2D eigenvalue weighted by Gasteiger charge is 2.21. The molecule has 266 valence electrons. The third-order valence-corrected chi connectivity index (χ3v) is 10.6. The normalized spacial score (nSPS) is 13.3. The molecule has 6 nitrogen and oxygen atoms in total. The van der Waals surface area contributed by atoms with Crippen molar-refractivity contribution in [3.8, 4) is 51.0 Å². The summed E-state index contributed by atoms with van der Waals surface area (Å²) >= 11 is 0. The van der Waals surface area contributed by atoms with E-state index in [0.29, 0.717) is 45.5 Å². The Balaban J connectivity index is 1.10. The molecule has 0 unspecified atom stereocenters. The monoisotopic (exact) mass is 736 g/mol. The quantitative estimate of drug-likeness (QED) is 0.176. The van der Waals surface area contributed by atoms with Crippen molar-refractivity contribution in [2.24, 2.45) is 0 Å². The molecule has 0 bridgehead atoms. The van der Waals surface area contributed by atoms with Crippen LogP contribution in [-0.2, 0) is 0 Å². The van der Waals surface area contributed by atoms with E-state index >= 15 is 0 Å². The van der Waals surface area contributed by atoms with Gasteiger partial charge in [0.2, 0.25) is 0 Å². The molecule has 0 atom stereocenters. The van der Waals surface area contributed by atoms with Gasteiger partial charge in [0.15, 0.2) is 17.5 Å². The van der Waals surface area contributed by atoms with Gasteiger partial charge in [0.05, 0.1) is 24.8 Å². The molecular weight excluding hydrogens is 701 g/mol. The third-order valence-electron chi connectivity index (χ3n) is 10.6. The van der Waals surface area contributed by atoms with Gasteiger partial charge in [-0.25, -0.2) is 15.0 Å². The summed E-state index contributed by atoms with van der Waals surface area (Å²) in [4.78, 5) is 15.1. The molecule has 4 heterocycles. The molecule has 0 saturated carbocycles. The number of para-hydroxylation sites is 4. The van der Waals surface area contributed by atoms with Gasteiger partial charge in [-0.2, -0.15) is 0 Å². The van der Waals surface area contributed by atoms with Crippen LogP contribution in [0.5, 0.6) is 0 Å². The van der Waals surface area contributed by atoms with Gasteiger partial charge in [-0.05, 0) is 54.0 Å². The fourth-order valence-corrected chi connectivity index (χ4v) is 8.00. The van der Waals surface area contributed by atoms with E-state index in [1.807, 2.05) is 133 Å². The molecule has 12 aromatic rings. The van der Waals surface area contributed by atoms with Crippen LogP contribution >= 0.6 is 0 Å². The lowest BCUT2D eigenvalue weighted by Crippen LogP contribution is -2.00. The van der Waals surface area contributed by atoms with Crippen molar-refractivity contribution >= 4 is 65.7 Å². The summed E-state index contributed by atoms with van der Waals surface area (Å²) in [5.74, 6) is 1.40. The molecule has 12 rings (SSSR count). The fraction of sp³-hybridized carbons (Fsp3) is 0. The van der Waals surface area contributed by atoms with Gasteiger partial charge in [-0.1, -0.05) is 133 Å². The van der Waals surface area contributed by atoms with E-state index < -0.39 is 0 Å². The standard InChI is InChI=1S/C51H30N4O2/c1-3-14-31(15-4-1)41-29-34(55-43-23-10-7-18-35(43)36-19-8-11-24-44(36)55)30-42-38-27-26-33(28-46(38)57-48(41)42)50-52-49(32-16-5-2-6-17-32)53-51(54-50)40-22-13-21-39-37-20-9-12-25-45(37)56-47(39)40/h1-30H/i7D,8D,18D,19D,23D,24D. The topological polar surface area (TPSA) is 69.9 Å². The van der Waals surface area contributed by atoms with Crippen molar-refractivity contribution in [1.29, 1.82) is 0 Å². The maximum Gasteiger partial charge on any atom is 0.167 e. The van der Waals surface area contributed by atoms with E-state index in [9.17, 15) is 0 Å². The summed E-state index contributed by atoms with van der Waals surface area (Å²) in [6.07, 6.45) is 0. The molecule has 0 radical (unpaired) electrons. The highest BCUT2D eigenvalue weighted by atomic mass is 16.3. The van der Waals surface area contributed by atoms with Gasteiger partial charge in [0.1, 0.15) is 22.3 Å². The zero-order chi connectivity index (χ0) is 42.7. The van der Waals surface area contributed by atoms with Crippen LogP contribution in [0.1, 0.15) is 8.22 Å². The fourth-order valence-electron chi connectivity index (χ4n) is 8.00. The van der Waals surface area contributed by atoms with Crippen LogP contribution < -0.4 is 0 Å². The molecule has 0 aliphatic rings. The molecule has 0 aliphatic heterocycles. The van der Waals surface area contributed by atoms with E-state index in [1.54, 1.807) is 4.57 Å². The Morgan fingerprint density at radius 2 is 1.02 bits per heavy atom. The number of hydrogen-bond donors (Lipinski definition) is 0. The number of furan rings is 2. The molecule has 57 heavy (non-hydrogen) atoms. The lowest BCUT2D eigenvalue weighted by Gasteiger charge is -2.11. The van der Waals surface area contributed by atoms with Crippen molar-refractivity contribution in [3.63, 3.8) is 0 Å². The predicted molar refractivity (Wildman–Crippen MR) is 230 cm³/mol. The van der Waals surface area contributed by atoms with Crippen LogP contribution in [0, 0.1) is 0 Å². The largest absolute Gasteiger partial charge is 0.455 e. The Hall–Kier alpha value is -7.83. The molecule has 8 aromatic carbocycles. The maximum atomic E-state index is 9.08. The highest BCUT2D eigenvalue weighted by Crippen LogP contribution is 2.42. The van der Waals surface area contributed by atoms with Gasteiger partial charge < -0.3 is 13.4 Å². The first-order chi connectivity index (χ1) is 30.7. The molecule has 0 spiro atoms. The minimum absolute atomic E-state index is 0.0290. The minimum Gasteiger partial charge on any atom is -0.455 e. The van der Waals surface area contributed by atoms with Crippen molar-refractivity contribution in [2.75, 3.05) is 0 Å². The van der Waals surface area contributed by atoms with E-state index in [0.717, 1.165) is 49.4 Å². The smallest absolute Gasteiger partial charge is 0.167 e. The zero-order valence-electron chi connectivity index (χ0n) is 36.0. The number of benzene rings is 8. The first-order valence-electron chi connectivity index (χ1n) is 21.5. The lowest BCUT2D eigenvalue weighted by molar-refractivity contribution is 0.669. The van der Waals surface area contributed by atoms with Crippen molar-refractivity contribution in [2.45, 2.75) is 0 Å². The van der Waals surface area contributed by atoms with Crippen molar-refractivity contribution < 1.29 is 17.1 Å². The first kappa shape index (κ1) is 26.1. The molecule has 0 saturated heterocycles. The number of fused-ring (bicyclic) bond motifs is 9. The third kappa shape index (κ3) is 4.94.